The van der Waals surface area contributed by atoms with Crippen molar-refractivity contribution in [1.29, 1.82) is 0 Å². The minimum Gasteiger partial charge on any atom is -0.476 e. The van der Waals surface area contributed by atoms with Crippen LogP contribution in [0.3, 0.4) is 0 Å². The largest absolute Gasteiger partial charge is 0.476 e. The third kappa shape index (κ3) is 15.2. The van der Waals surface area contributed by atoms with Gasteiger partial charge in [0.05, 0.1) is 6.61 Å². The highest BCUT2D eigenvalue weighted by Gasteiger charge is 1.96. The lowest BCUT2D eigenvalue weighted by Gasteiger charge is -2.09. The van der Waals surface area contributed by atoms with Crippen molar-refractivity contribution in [2.24, 2.45) is 0 Å². The molecule has 160 valence electrons. The molecule has 0 aliphatic heterocycles. The zero-order valence-corrected chi connectivity index (χ0v) is 18.0. The van der Waals surface area contributed by atoms with Gasteiger partial charge in [-0.05, 0) is 46.4 Å². The molecular weight excluding hydrogens is 396 g/mol. The van der Waals surface area contributed by atoms with Crippen LogP contribution in [0.2, 0.25) is 5.15 Å². The summed E-state index contributed by atoms with van der Waals surface area (Å²) in [6, 6.07) is 6.57. The molecule has 29 heavy (non-hydrogen) atoms. The van der Waals surface area contributed by atoms with E-state index in [1.165, 1.54) is 12.4 Å². The molecule has 0 saturated carbocycles. The Morgan fingerprint density at radius 3 is 1.83 bits per heavy atom. The van der Waals surface area contributed by atoms with Gasteiger partial charge in [-0.2, -0.15) is 0 Å². The molecule has 0 aliphatic rings. The zero-order valence-electron chi connectivity index (χ0n) is 17.3. The summed E-state index contributed by atoms with van der Waals surface area (Å²) in [5.41, 5.74) is 1.10. The Morgan fingerprint density at radius 1 is 0.931 bits per heavy atom. The smallest absolute Gasteiger partial charge is 0.213 e. The molecule has 0 amide bonds. The maximum atomic E-state index is 10.3. The predicted molar refractivity (Wildman–Crippen MR) is 114 cm³/mol. The van der Waals surface area contributed by atoms with E-state index in [2.05, 4.69) is 9.97 Å². The summed E-state index contributed by atoms with van der Waals surface area (Å²) < 4.78 is 5.35. The number of aliphatic hydroxyl groups excluding tert-OH is 1. The molecule has 1 N–H and O–H groups in total. The SMILES string of the molecule is CN(C)CCO.CN(C)CCOc1ccc(C=O)cn1.O=Cc1ccc(Cl)nc1. The van der Waals surface area contributed by atoms with Gasteiger partial charge in [0.1, 0.15) is 11.8 Å². The van der Waals surface area contributed by atoms with Crippen LogP contribution in [-0.4, -0.2) is 91.9 Å². The standard InChI is InChI=1S/C10H14N2O2.C6H4ClNO.C4H11NO/c1-12(2)5-6-14-10-4-3-9(8-13)7-11-10;7-6-2-1-5(4-9)3-8-6;1-5(2)3-4-6/h3-4,7-8H,5-6H2,1-2H3;1-4H;6H,3-4H2,1-2H3. The molecule has 8 nitrogen and oxygen atoms in total. The molecule has 0 saturated heterocycles. The van der Waals surface area contributed by atoms with Crippen LogP contribution in [0.1, 0.15) is 20.7 Å². The van der Waals surface area contributed by atoms with Gasteiger partial charge in [0.15, 0.2) is 12.6 Å². The van der Waals surface area contributed by atoms with Crippen molar-refractivity contribution in [3.8, 4) is 5.88 Å². The number of pyridine rings is 2. The summed E-state index contributed by atoms with van der Waals surface area (Å²) in [5.74, 6) is 0.553. The molecule has 2 rings (SSSR count). The monoisotopic (exact) mass is 424 g/mol. The topological polar surface area (TPSA) is 95.9 Å². The number of hydrogen-bond acceptors (Lipinski definition) is 8. The number of halogens is 1. The Morgan fingerprint density at radius 2 is 1.48 bits per heavy atom. The number of aromatic nitrogens is 2. The number of nitrogens with zero attached hydrogens (tertiary/aromatic N) is 4. The molecule has 2 aromatic heterocycles. The van der Waals surface area contributed by atoms with Crippen molar-refractivity contribution in [3.63, 3.8) is 0 Å². The number of likely N-dealkylation sites (N-methyl/N-ethyl adjacent to an activating group) is 2. The van der Waals surface area contributed by atoms with Gasteiger partial charge in [-0.15, -0.1) is 0 Å². The van der Waals surface area contributed by atoms with Crippen LogP contribution in [0.25, 0.3) is 0 Å². The Kier molecular flexibility index (Phi) is 15.2. The normalized spacial score (nSPS) is 9.79. The van der Waals surface area contributed by atoms with Gasteiger partial charge in [-0.1, -0.05) is 11.6 Å². The minimum absolute atomic E-state index is 0.257. The number of carbonyl (C=O) groups excluding carboxylic acids is 2. The van der Waals surface area contributed by atoms with Crippen molar-refractivity contribution in [1.82, 2.24) is 19.8 Å². The van der Waals surface area contributed by atoms with Gasteiger partial charge in [0, 0.05) is 42.7 Å². The van der Waals surface area contributed by atoms with E-state index in [-0.39, 0.29) is 6.61 Å². The fourth-order valence-corrected chi connectivity index (χ4v) is 1.65. The van der Waals surface area contributed by atoms with Gasteiger partial charge in [-0.3, -0.25) is 9.59 Å². The van der Waals surface area contributed by atoms with Gasteiger partial charge in [0.25, 0.3) is 0 Å². The average molecular weight is 425 g/mol. The minimum atomic E-state index is 0.257. The van der Waals surface area contributed by atoms with E-state index in [1.807, 2.05) is 38.0 Å². The summed E-state index contributed by atoms with van der Waals surface area (Å²) in [7, 11) is 7.81. The molecule has 2 aromatic rings. The molecule has 0 fully saturated rings. The summed E-state index contributed by atoms with van der Waals surface area (Å²) in [4.78, 5) is 32.0. The number of aldehydes is 2. The average Bonchev–Trinajstić information content (AvgIpc) is 2.70. The number of ether oxygens (including phenoxy) is 1. The molecule has 0 atom stereocenters. The molecule has 0 aromatic carbocycles. The number of hydrogen-bond donors (Lipinski definition) is 1. The van der Waals surface area contributed by atoms with Crippen LogP contribution < -0.4 is 4.74 Å². The number of aliphatic hydroxyl groups is 1. The number of rotatable bonds is 8. The first-order valence-corrected chi connectivity index (χ1v) is 9.21. The molecule has 9 heteroatoms. The van der Waals surface area contributed by atoms with E-state index in [0.29, 0.717) is 28.8 Å². The molecule has 0 bridgehead atoms. The second-order valence-corrected chi connectivity index (χ2v) is 6.65. The van der Waals surface area contributed by atoms with Crippen LogP contribution in [-0.2, 0) is 0 Å². The van der Waals surface area contributed by atoms with Gasteiger partial charge < -0.3 is 19.6 Å². The summed E-state index contributed by atoms with van der Waals surface area (Å²) in [5, 5.41) is 8.60. The van der Waals surface area contributed by atoms with Crippen LogP contribution in [0, 0.1) is 0 Å². The van der Waals surface area contributed by atoms with Crippen molar-refractivity contribution >= 4 is 24.2 Å². The number of carbonyl (C=O) groups is 2. The van der Waals surface area contributed by atoms with E-state index in [0.717, 1.165) is 25.7 Å². The zero-order chi connectivity index (χ0) is 22.1. The first-order valence-electron chi connectivity index (χ1n) is 8.83. The fourth-order valence-electron chi connectivity index (χ4n) is 1.54. The van der Waals surface area contributed by atoms with Gasteiger partial charge in [0.2, 0.25) is 5.88 Å². The van der Waals surface area contributed by atoms with Crippen LogP contribution in [0.5, 0.6) is 5.88 Å². The summed E-state index contributed by atoms with van der Waals surface area (Å²) in [6.45, 7) is 2.46. The highest BCUT2D eigenvalue weighted by molar-refractivity contribution is 6.29. The third-order valence-corrected chi connectivity index (χ3v) is 3.34. The first kappa shape index (κ1) is 26.6. The van der Waals surface area contributed by atoms with Crippen molar-refractivity contribution in [3.05, 3.63) is 52.9 Å². The maximum Gasteiger partial charge on any atom is 0.213 e. The third-order valence-electron chi connectivity index (χ3n) is 3.12. The van der Waals surface area contributed by atoms with Gasteiger partial charge in [-0.25, -0.2) is 9.97 Å². The van der Waals surface area contributed by atoms with Crippen molar-refractivity contribution < 1.29 is 19.4 Å². The first-order chi connectivity index (χ1) is 13.8. The Balaban J connectivity index is 0.000000448. The fraction of sp³-hybridized carbons (Fsp3) is 0.400. The second kappa shape index (κ2) is 16.6. The molecular formula is C20H29ClN4O4. The second-order valence-electron chi connectivity index (χ2n) is 6.26. The molecule has 0 unspecified atom stereocenters. The summed E-state index contributed by atoms with van der Waals surface area (Å²) in [6.07, 6.45) is 4.41. The molecule has 0 aliphatic carbocycles. The van der Waals surface area contributed by atoms with Crippen LogP contribution in [0.15, 0.2) is 36.7 Å². The van der Waals surface area contributed by atoms with E-state index < -0.39 is 0 Å². The van der Waals surface area contributed by atoms with Crippen LogP contribution in [0.4, 0.5) is 0 Å². The lowest BCUT2D eigenvalue weighted by Crippen LogP contribution is -2.19. The maximum absolute atomic E-state index is 10.3. The van der Waals surface area contributed by atoms with E-state index in [1.54, 1.807) is 24.3 Å². The lowest BCUT2D eigenvalue weighted by molar-refractivity contribution is 0.111. The van der Waals surface area contributed by atoms with Crippen LogP contribution >= 0.6 is 11.6 Å². The summed E-state index contributed by atoms with van der Waals surface area (Å²) >= 11 is 5.44. The Labute approximate surface area is 177 Å². The van der Waals surface area contributed by atoms with E-state index in [4.69, 9.17) is 21.4 Å². The van der Waals surface area contributed by atoms with E-state index >= 15 is 0 Å². The van der Waals surface area contributed by atoms with Crippen molar-refractivity contribution in [2.75, 3.05) is 54.5 Å². The van der Waals surface area contributed by atoms with E-state index in [9.17, 15) is 9.59 Å². The highest BCUT2D eigenvalue weighted by atomic mass is 35.5. The van der Waals surface area contributed by atoms with Gasteiger partial charge >= 0.3 is 0 Å². The van der Waals surface area contributed by atoms with Crippen molar-refractivity contribution in [2.45, 2.75) is 0 Å². The Bertz CT molecular complexity index is 680. The predicted octanol–water partition coefficient (Wildman–Crippen LogP) is 1.92. The highest BCUT2D eigenvalue weighted by Crippen LogP contribution is 2.05. The Hall–Kier alpha value is -2.39. The molecule has 2 heterocycles. The molecule has 0 spiro atoms. The quantitative estimate of drug-likeness (QED) is 0.507. The lowest BCUT2D eigenvalue weighted by atomic mass is 10.3. The molecule has 0 radical (unpaired) electrons.